The van der Waals surface area contributed by atoms with Crippen molar-refractivity contribution in [2.45, 2.75) is 24.7 Å². The standard InChI is InChI=1S/C14H21FN2O2S/c1-11-8-13(15)5-6-14(11)20(18,19)17-7-3-4-12(10-17)9-16-2/h5-6,8,12,16H,3-4,7,9-10H2,1-2H3/t12-/m0/s1. The number of hydrogen-bond donors (Lipinski definition) is 1. The molecule has 1 aliphatic heterocycles. The molecule has 2 rings (SSSR count). The molecule has 0 spiro atoms. The highest BCUT2D eigenvalue weighted by Crippen LogP contribution is 2.25. The number of sulfonamides is 1. The van der Waals surface area contributed by atoms with Crippen molar-refractivity contribution in [3.63, 3.8) is 0 Å². The van der Waals surface area contributed by atoms with Gasteiger partial charge in [0.1, 0.15) is 5.82 Å². The number of halogens is 1. The van der Waals surface area contributed by atoms with Gasteiger partial charge in [-0.1, -0.05) is 0 Å². The van der Waals surface area contributed by atoms with E-state index in [4.69, 9.17) is 0 Å². The number of benzene rings is 1. The first-order valence-electron chi connectivity index (χ1n) is 6.86. The second-order valence-corrected chi connectivity index (χ2v) is 7.25. The Morgan fingerprint density at radius 2 is 2.20 bits per heavy atom. The Kier molecular flexibility index (Phi) is 4.78. The van der Waals surface area contributed by atoms with E-state index in [2.05, 4.69) is 5.32 Å². The molecule has 1 atom stereocenters. The first kappa shape index (κ1) is 15.4. The Morgan fingerprint density at radius 3 is 2.85 bits per heavy atom. The average molecular weight is 300 g/mol. The van der Waals surface area contributed by atoms with Crippen LogP contribution in [0.25, 0.3) is 0 Å². The topological polar surface area (TPSA) is 49.4 Å². The molecule has 1 aromatic rings. The lowest BCUT2D eigenvalue weighted by atomic mass is 10.00. The molecule has 1 fully saturated rings. The zero-order valence-electron chi connectivity index (χ0n) is 11.9. The molecule has 0 aromatic heterocycles. The molecule has 0 saturated carbocycles. The normalized spacial score (nSPS) is 21.1. The van der Waals surface area contributed by atoms with E-state index in [1.54, 1.807) is 6.92 Å². The van der Waals surface area contributed by atoms with Crippen molar-refractivity contribution in [3.05, 3.63) is 29.6 Å². The third kappa shape index (κ3) is 3.19. The van der Waals surface area contributed by atoms with E-state index in [0.29, 0.717) is 24.6 Å². The largest absolute Gasteiger partial charge is 0.319 e. The molecule has 4 nitrogen and oxygen atoms in total. The van der Waals surface area contributed by atoms with Gasteiger partial charge in [-0.15, -0.1) is 0 Å². The first-order valence-corrected chi connectivity index (χ1v) is 8.30. The van der Waals surface area contributed by atoms with Gasteiger partial charge in [0.05, 0.1) is 4.90 Å². The lowest BCUT2D eigenvalue weighted by molar-refractivity contribution is 0.263. The summed E-state index contributed by atoms with van der Waals surface area (Å²) >= 11 is 0. The predicted molar refractivity (Wildman–Crippen MR) is 76.5 cm³/mol. The number of aryl methyl sites for hydroxylation is 1. The smallest absolute Gasteiger partial charge is 0.243 e. The van der Waals surface area contributed by atoms with Crippen LogP contribution in [0.2, 0.25) is 0 Å². The Bertz CT molecular complexity index is 573. The van der Waals surface area contributed by atoms with Crippen LogP contribution in [0.15, 0.2) is 23.1 Å². The van der Waals surface area contributed by atoms with E-state index < -0.39 is 15.8 Å². The molecule has 112 valence electrons. The minimum atomic E-state index is -3.52. The molecular formula is C14H21FN2O2S. The Balaban J connectivity index is 2.25. The SMILES string of the molecule is CNC[C@@H]1CCCN(S(=O)(=O)c2ccc(F)cc2C)C1. The lowest BCUT2D eigenvalue weighted by Gasteiger charge is -2.32. The maximum absolute atomic E-state index is 13.1. The maximum atomic E-state index is 13.1. The molecular weight excluding hydrogens is 279 g/mol. The van der Waals surface area contributed by atoms with Crippen LogP contribution in [0.4, 0.5) is 4.39 Å². The van der Waals surface area contributed by atoms with Gasteiger partial charge < -0.3 is 5.32 Å². The third-order valence-electron chi connectivity index (χ3n) is 3.73. The molecule has 6 heteroatoms. The van der Waals surface area contributed by atoms with Crippen LogP contribution in [-0.2, 0) is 10.0 Å². The van der Waals surface area contributed by atoms with Crippen molar-refractivity contribution in [3.8, 4) is 0 Å². The van der Waals surface area contributed by atoms with Gasteiger partial charge in [0, 0.05) is 13.1 Å². The van der Waals surface area contributed by atoms with Gasteiger partial charge in [0.25, 0.3) is 0 Å². The summed E-state index contributed by atoms with van der Waals surface area (Å²) in [5.41, 5.74) is 0.459. The molecule has 1 saturated heterocycles. The van der Waals surface area contributed by atoms with Gasteiger partial charge in [-0.25, -0.2) is 12.8 Å². The van der Waals surface area contributed by atoms with Gasteiger partial charge in [0.2, 0.25) is 10.0 Å². The summed E-state index contributed by atoms with van der Waals surface area (Å²) in [4.78, 5) is 0.212. The van der Waals surface area contributed by atoms with Crippen LogP contribution in [0.1, 0.15) is 18.4 Å². The van der Waals surface area contributed by atoms with Gasteiger partial charge in [-0.3, -0.25) is 0 Å². The van der Waals surface area contributed by atoms with Crippen LogP contribution >= 0.6 is 0 Å². The summed E-state index contributed by atoms with van der Waals surface area (Å²) in [5, 5.41) is 3.10. The summed E-state index contributed by atoms with van der Waals surface area (Å²) in [5.74, 6) is -0.0718. The molecule has 20 heavy (non-hydrogen) atoms. The lowest BCUT2D eigenvalue weighted by Crippen LogP contribution is -2.42. The van der Waals surface area contributed by atoms with Crippen LogP contribution in [0.3, 0.4) is 0 Å². The van der Waals surface area contributed by atoms with Crippen molar-refractivity contribution >= 4 is 10.0 Å². The third-order valence-corrected chi connectivity index (χ3v) is 5.75. The summed E-state index contributed by atoms with van der Waals surface area (Å²) in [6, 6.07) is 3.83. The van der Waals surface area contributed by atoms with E-state index in [1.807, 2.05) is 7.05 Å². The number of rotatable bonds is 4. The second kappa shape index (κ2) is 6.20. The minimum absolute atomic E-state index is 0.212. The maximum Gasteiger partial charge on any atom is 0.243 e. The molecule has 1 aliphatic rings. The zero-order valence-corrected chi connectivity index (χ0v) is 12.7. The minimum Gasteiger partial charge on any atom is -0.319 e. The fourth-order valence-electron chi connectivity index (χ4n) is 2.74. The predicted octanol–water partition coefficient (Wildman–Crippen LogP) is 1.75. The zero-order chi connectivity index (χ0) is 14.8. The van der Waals surface area contributed by atoms with E-state index in [0.717, 1.165) is 19.4 Å². The summed E-state index contributed by atoms with van der Waals surface area (Å²) in [6.45, 7) is 3.51. The van der Waals surface area contributed by atoms with Crippen molar-refractivity contribution in [1.29, 1.82) is 0 Å². The molecule has 0 radical (unpaired) electrons. The molecule has 0 unspecified atom stereocenters. The fourth-order valence-corrected chi connectivity index (χ4v) is 4.50. The van der Waals surface area contributed by atoms with Gasteiger partial charge in [0.15, 0.2) is 0 Å². The number of nitrogens with one attached hydrogen (secondary N) is 1. The van der Waals surface area contributed by atoms with E-state index in [1.165, 1.54) is 22.5 Å². The second-order valence-electron chi connectivity index (χ2n) is 5.34. The Hall–Kier alpha value is -0.980. The summed E-state index contributed by atoms with van der Waals surface area (Å²) < 4.78 is 40.0. The summed E-state index contributed by atoms with van der Waals surface area (Å²) in [7, 11) is -1.65. The van der Waals surface area contributed by atoms with Gasteiger partial charge in [-0.05, 0) is 63.0 Å². The fraction of sp³-hybridized carbons (Fsp3) is 0.571. The molecule has 1 N–H and O–H groups in total. The Morgan fingerprint density at radius 1 is 1.45 bits per heavy atom. The van der Waals surface area contributed by atoms with Crippen molar-refractivity contribution in [2.75, 3.05) is 26.7 Å². The highest BCUT2D eigenvalue weighted by atomic mass is 32.2. The highest BCUT2D eigenvalue weighted by molar-refractivity contribution is 7.89. The van der Waals surface area contributed by atoms with E-state index >= 15 is 0 Å². The van der Waals surface area contributed by atoms with Crippen LogP contribution < -0.4 is 5.32 Å². The Labute approximate surface area is 120 Å². The molecule has 0 amide bonds. The number of hydrogen-bond acceptors (Lipinski definition) is 3. The molecule has 1 aromatic carbocycles. The van der Waals surface area contributed by atoms with Crippen LogP contribution in [0.5, 0.6) is 0 Å². The molecule has 0 bridgehead atoms. The monoisotopic (exact) mass is 300 g/mol. The summed E-state index contributed by atoms with van der Waals surface area (Å²) in [6.07, 6.45) is 1.90. The molecule has 0 aliphatic carbocycles. The van der Waals surface area contributed by atoms with Crippen molar-refractivity contribution < 1.29 is 12.8 Å². The van der Waals surface area contributed by atoms with E-state index in [9.17, 15) is 12.8 Å². The van der Waals surface area contributed by atoms with Crippen molar-refractivity contribution in [1.82, 2.24) is 9.62 Å². The van der Waals surface area contributed by atoms with Crippen LogP contribution in [-0.4, -0.2) is 39.4 Å². The number of nitrogens with zero attached hydrogens (tertiary/aromatic N) is 1. The van der Waals surface area contributed by atoms with Crippen molar-refractivity contribution in [2.24, 2.45) is 5.92 Å². The van der Waals surface area contributed by atoms with Gasteiger partial charge >= 0.3 is 0 Å². The van der Waals surface area contributed by atoms with Crippen LogP contribution in [0, 0.1) is 18.7 Å². The van der Waals surface area contributed by atoms with E-state index in [-0.39, 0.29) is 4.90 Å². The average Bonchev–Trinajstić information content (AvgIpc) is 2.39. The highest BCUT2D eigenvalue weighted by Gasteiger charge is 2.30. The quantitative estimate of drug-likeness (QED) is 0.922. The number of piperidine rings is 1. The molecule has 1 heterocycles. The first-order chi connectivity index (χ1) is 9.45. The van der Waals surface area contributed by atoms with Gasteiger partial charge in [-0.2, -0.15) is 4.31 Å².